The van der Waals surface area contributed by atoms with Crippen molar-refractivity contribution in [1.82, 2.24) is 0 Å². The van der Waals surface area contributed by atoms with Crippen molar-refractivity contribution in [1.29, 1.82) is 0 Å². The fourth-order valence-corrected chi connectivity index (χ4v) is 3.65. The molecule has 132 valence electrons. The van der Waals surface area contributed by atoms with Crippen LogP contribution in [0.1, 0.15) is 29.2 Å². The van der Waals surface area contributed by atoms with Crippen LogP contribution in [0.15, 0.2) is 35.5 Å². The average Bonchev–Trinajstić information content (AvgIpc) is 2.47. The highest BCUT2D eigenvalue weighted by molar-refractivity contribution is 7.85. The summed E-state index contributed by atoms with van der Waals surface area (Å²) < 4.78 is 39.7. The third-order valence-corrected chi connectivity index (χ3v) is 4.85. The molecule has 0 atom stereocenters. The molecule has 2 aromatic rings. The van der Waals surface area contributed by atoms with Crippen LogP contribution in [0.4, 0.5) is 0 Å². The van der Waals surface area contributed by atoms with Crippen LogP contribution >= 0.6 is 0 Å². The van der Waals surface area contributed by atoms with E-state index >= 15 is 0 Å². The van der Waals surface area contributed by atoms with Crippen LogP contribution in [0.3, 0.4) is 0 Å². The van der Waals surface area contributed by atoms with Crippen molar-refractivity contribution in [2.45, 2.75) is 39.0 Å². The van der Waals surface area contributed by atoms with Crippen LogP contribution in [0.25, 0.3) is 0 Å². The molecule has 0 bridgehead atoms. The number of nitrogen functional groups attached to an aromatic ring is 1. The van der Waals surface area contributed by atoms with Crippen molar-refractivity contribution in [3.05, 3.63) is 52.8 Å². The van der Waals surface area contributed by atoms with Gasteiger partial charge in [-0.15, -0.1) is 0 Å². The van der Waals surface area contributed by atoms with Gasteiger partial charge in [0.2, 0.25) is 12.4 Å². The summed E-state index contributed by atoms with van der Waals surface area (Å²) in [5.74, 6) is 6.16. The number of nitrogens with zero attached hydrogens (tertiary/aromatic N) is 1. The molecule has 7 heteroatoms. The highest BCUT2D eigenvalue weighted by Gasteiger charge is 2.14. The van der Waals surface area contributed by atoms with Crippen molar-refractivity contribution in [2.75, 3.05) is 13.0 Å². The Labute approximate surface area is 143 Å². The lowest BCUT2D eigenvalue weighted by Crippen LogP contribution is -2.43. The van der Waals surface area contributed by atoms with Crippen molar-refractivity contribution in [3.8, 4) is 5.75 Å². The Morgan fingerprint density at radius 1 is 1.17 bits per heavy atom. The van der Waals surface area contributed by atoms with Gasteiger partial charge in [-0.3, -0.25) is 0 Å². The van der Waals surface area contributed by atoms with Gasteiger partial charge in [-0.05, 0) is 49.4 Å². The van der Waals surface area contributed by atoms with Gasteiger partial charge >= 0.3 is 0 Å². The van der Waals surface area contributed by atoms with Gasteiger partial charge < -0.3 is 9.29 Å². The largest absolute Gasteiger partial charge is 0.744 e. The monoisotopic (exact) mass is 352 g/mol. The van der Waals surface area contributed by atoms with Crippen LogP contribution in [0.2, 0.25) is 0 Å². The first-order valence-corrected chi connectivity index (χ1v) is 8.88. The fraction of sp³-hybridized carbons (Fsp3) is 0.353. The molecule has 2 N–H and O–H groups in total. The lowest BCUT2D eigenvalue weighted by atomic mass is 9.98. The van der Waals surface area contributed by atoms with E-state index in [4.69, 9.17) is 10.6 Å². The summed E-state index contributed by atoms with van der Waals surface area (Å²) in [5, 5.41) is 0. The second-order valence-electron chi connectivity index (χ2n) is 5.44. The molecule has 0 fully saturated rings. The maximum atomic E-state index is 11.1. The lowest BCUT2D eigenvalue weighted by molar-refractivity contribution is -0.639. The van der Waals surface area contributed by atoms with Crippen LogP contribution in [-0.4, -0.2) is 20.1 Å². The molecule has 1 aromatic heterocycles. The van der Waals surface area contributed by atoms with Gasteiger partial charge in [-0.25, -0.2) is 14.3 Å². The number of pyridine rings is 1. The van der Waals surface area contributed by atoms with Gasteiger partial charge in [0, 0.05) is 12.1 Å². The van der Waals surface area contributed by atoms with Gasteiger partial charge in [-0.1, -0.05) is 17.7 Å². The smallest absolute Gasteiger partial charge is 0.202 e. The van der Waals surface area contributed by atoms with E-state index in [0.29, 0.717) is 11.1 Å². The molecular weight excluding hydrogens is 328 g/mol. The van der Waals surface area contributed by atoms with Gasteiger partial charge in [0.05, 0.1) is 12.0 Å². The number of benzene rings is 1. The first-order chi connectivity index (χ1) is 11.1. The average molecular weight is 352 g/mol. The van der Waals surface area contributed by atoms with E-state index in [-0.39, 0.29) is 4.90 Å². The van der Waals surface area contributed by atoms with Crippen molar-refractivity contribution in [2.24, 2.45) is 0 Å². The molecule has 0 amide bonds. The van der Waals surface area contributed by atoms with E-state index in [1.807, 2.05) is 13.8 Å². The summed E-state index contributed by atoms with van der Waals surface area (Å²) in [7, 11) is -2.74. The third-order valence-electron chi connectivity index (χ3n) is 3.72. The summed E-state index contributed by atoms with van der Waals surface area (Å²) >= 11 is 0. The molecule has 2 rings (SSSR count). The highest BCUT2D eigenvalue weighted by Crippen LogP contribution is 2.26. The molecule has 0 aliphatic carbocycles. The molecule has 0 aliphatic rings. The molecule has 1 aromatic carbocycles. The number of ether oxygens (including phenoxy) is 1. The number of hydrogen-bond acceptors (Lipinski definition) is 5. The molecule has 0 spiro atoms. The SMILES string of the molecule is CCc1c(C)cc(C)c(S(=O)(=O)[O-])c1C.COc1cc[n+](N)cc1. The van der Waals surface area contributed by atoms with Crippen LogP contribution in [0.5, 0.6) is 5.75 Å². The van der Waals surface area contributed by atoms with Gasteiger partial charge in [0.15, 0.2) is 0 Å². The summed E-state index contributed by atoms with van der Waals surface area (Å²) in [6, 6.07) is 5.34. The Morgan fingerprint density at radius 2 is 1.71 bits per heavy atom. The summed E-state index contributed by atoms with van der Waals surface area (Å²) in [4.78, 5) is -0.0510. The molecule has 0 unspecified atom stereocenters. The molecule has 1 heterocycles. The quantitative estimate of drug-likeness (QED) is 0.516. The highest BCUT2D eigenvalue weighted by atomic mass is 32.2. The van der Waals surface area contributed by atoms with Gasteiger partial charge in [0.1, 0.15) is 15.9 Å². The second-order valence-corrected chi connectivity index (χ2v) is 6.75. The topological polar surface area (TPSA) is 96.3 Å². The number of hydrogen-bond donors (Lipinski definition) is 1. The first kappa shape index (κ1) is 19.9. The van der Waals surface area contributed by atoms with E-state index < -0.39 is 10.1 Å². The Kier molecular flexibility index (Phi) is 6.74. The lowest BCUT2D eigenvalue weighted by Gasteiger charge is -2.18. The number of aromatic nitrogens is 1. The van der Waals surface area contributed by atoms with E-state index in [2.05, 4.69) is 0 Å². The van der Waals surface area contributed by atoms with E-state index in [0.717, 1.165) is 23.3 Å². The van der Waals surface area contributed by atoms with Crippen LogP contribution < -0.4 is 15.3 Å². The number of rotatable bonds is 3. The van der Waals surface area contributed by atoms with E-state index in [9.17, 15) is 13.0 Å². The maximum absolute atomic E-state index is 11.1. The summed E-state index contributed by atoms with van der Waals surface area (Å²) in [6.45, 7) is 7.24. The van der Waals surface area contributed by atoms with Crippen molar-refractivity contribution >= 4 is 10.1 Å². The predicted molar refractivity (Wildman–Crippen MR) is 91.3 cm³/mol. The third kappa shape index (κ3) is 4.94. The summed E-state index contributed by atoms with van der Waals surface area (Å²) in [6.07, 6.45) is 4.18. The zero-order valence-corrected chi connectivity index (χ0v) is 15.5. The van der Waals surface area contributed by atoms with Gasteiger partial charge in [-0.2, -0.15) is 0 Å². The first-order valence-electron chi connectivity index (χ1n) is 7.47. The molecule has 6 nitrogen and oxygen atoms in total. The number of nitrogens with two attached hydrogens (primary N) is 1. The molecule has 0 saturated carbocycles. The van der Waals surface area contributed by atoms with Crippen molar-refractivity contribution < 1.29 is 22.4 Å². The second kappa shape index (κ2) is 8.12. The van der Waals surface area contributed by atoms with E-state index in [1.54, 1.807) is 51.6 Å². The normalized spacial score (nSPS) is 10.8. The Morgan fingerprint density at radius 3 is 2.12 bits per heavy atom. The zero-order valence-electron chi connectivity index (χ0n) is 14.7. The molecule has 0 radical (unpaired) electrons. The van der Waals surface area contributed by atoms with Crippen LogP contribution in [-0.2, 0) is 16.5 Å². The maximum Gasteiger partial charge on any atom is 0.202 e. The summed E-state index contributed by atoms with van der Waals surface area (Å²) in [5.41, 5.74) is 3.14. The Bertz CT molecular complexity index is 800. The minimum Gasteiger partial charge on any atom is -0.744 e. The molecule has 24 heavy (non-hydrogen) atoms. The number of aryl methyl sites for hydroxylation is 2. The van der Waals surface area contributed by atoms with Gasteiger partial charge in [0.25, 0.3) is 0 Å². The minimum atomic E-state index is -4.36. The molecule has 0 saturated heterocycles. The predicted octanol–water partition coefficient (Wildman–Crippen LogP) is 1.77. The molecule has 0 aliphatic heterocycles. The van der Waals surface area contributed by atoms with Crippen LogP contribution in [0, 0.1) is 20.8 Å². The minimum absolute atomic E-state index is 0.0510. The number of methoxy groups -OCH3 is 1. The molecular formula is C17H24N2O4S. The standard InChI is InChI=1S/C11H16O3S.C6H9N2O/c1-5-10-7(2)6-8(3)11(9(10)4)15(12,13)14;1-9-6-2-4-8(7)5-3-6/h6H,5H2,1-4H3,(H,12,13,14);2-5H,7H2,1H3/q;+1/p-1. The van der Waals surface area contributed by atoms with Crippen molar-refractivity contribution in [3.63, 3.8) is 0 Å². The Balaban J connectivity index is 0.000000272. The fourth-order valence-electron chi connectivity index (χ4n) is 2.70. The zero-order chi connectivity index (χ0) is 18.5. The van der Waals surface area contributed by atoms with E-state index in [1.165, 1.54) is 4.68 Å². The Hall–Kier alpha value is -2.12.